The second-order valence-corrected chi connectivity index (χ2v) is 9.06. The SMILES string of the molecule is [O-]N=C(c1ccccc1)c1ccccn1.[O-]N=C(c1ccccc1)c1ccccn1.[O-]N=C(c1ccccc1)c1ccccn1.[Sm+3]. The molecule has 6 aromatic rings. The zero-order chi connectivity index (χ0) is 31.5. The van der Waals surface area contributed by atoms with E-state index in [1.807, 2.05) is 109 Å². The number of aromatic nitrogens is 3. The Morgan fingerprint density at radius 2 is 0.587 bits per heavy atom. The first kappa shape index (κ1) is 35.3. The summed E-state index contributed by atoms with van der Waals surface area (Å²) >= 11 is 0. The third-order valence-corrected chi connectivity index (χ3v) is 6.14. The van der Waals surface area contributed by atoms with Gasteiger partial charge in [0.15, 0.2) is 0 Å². The molecule has 225 valence electrons. The number of hydrogen-bond donors (Lipinski definition) is 0. The summed E-state index contributed by atoms with van der Waals surface area (Å²) in [5, 5.41) is 41.4. The van der Waals surface area contributed by atoms with E-state index >= 15 is 0 Å². The van der Waals surface area contributed by atoms with E-state index < -0.39 is 0 Å². The molecule has 6 rings (SSSR count). The standard InChI is InChI=1S/3C12H10N2O.Sm/c3*15-14-12(10-6-2-1-3-7-10)11-8-4-5-9-13-11;/h3*1-9,15H;/q;;;+3/p-3. The second kappa shape index (κ2) is 20.0. The molecule has 0 bridgehead atoms. The van der Waals surface area contributed by atoms with Crippen molar-refractivity contribution in [3.05, 3.63) is 214 Å². The van der Waals surface area contributed by atoms with Gasteiger partial charge in [-0.15, -0.1) is 0 Å². The van der Waals surface area contributed by atoms with Gasteiger partial charge in [-0.3, -0.25) is 15.0 Å². The molecular weight excluding hydrogens is 715 g/mol. The van der Waals surface area contributed by atoms with Crippen LogP contribution in [0, 0.1) is 56.0 Å². The summed E-state index contributed by atoms with van der Waals surface area (Å²) in [5.41, 5.74) is 5.25. The molecule has 0 amide bonds. The topological polar surface area (TPSA) is 145 Å². The van der Waals surface area contributed by atoms with Gasteiger partial charge in [-0.2, -0.15) is 0 Å². The van der Waals surface area contributed by atoms with Crippen molar-refractivity contribution in [2.75, 3.05) is 0 Å². The zero-order valence-electron chi connectivity index (χ0n) is 24.4. The molecule has 0 spiro atoms. The normalized spacial score (nSPS) is 11.1. The number of rotatable bonds is 6. The Morgan fingerprint density at radius 1 is 0.348 bits per heavy atom. The largest absolute Gasteiger partial charge is 3.00 e. The van der Waals surface area contributed by atoms with Gasteiger partial charge in [0.25, 0.3) is 0 Å². The van der Waals surface area contributed by atoms with E-state index in [1.54, 1.807) is 55.0 Å². The van der Waals surface area contributed by atoms with E-state index in [4.69, 9.17) is 0 Å². The maximum Gasteiger partial charge on any atom is 3.00 e. The molecule has 0 atom stereocenters. The molecule has 0 unspecified atom stereocenters. The molecule has 9 nitrogen and oxygen atoms in total. The Hall–Kier alpha value is -5.14. The van der Waals surface area contributed by atoms with Crippen LogP contribution in [0.5, 0.6) is 0 Å². The van der Waals surface area contributed by atoms with Crippen LogP contribution in [0.25, 0.3) is 0 Å². The summed E-state index contributed by atoms with van der Waals surface area (Å²) in [6, 6.07) is 44.1. The summed E-state index contributed by atoms with van der Waals surface area (Å²) in [4.78, 5) is 12.3. The Morgan fingerprint density at radius 3 is 0.783 bits per heavy atom. The van der Waals surface area contributed by atoms with E-state index in [9.17, 15) is 15.6 Å². The molecule has 0 aliphatic carbocycles. The minimum absolute atomic E-state index is 0. The first-order chi connectivity index (χ1) is 22.2. The van der Waals surface area contributed by atoms with Crippen molar-refractivity contribution in [3.8, 4) is 0 Å². The van der Waals surface area contributed by atoms with Gasteiger partial charge < -0.3 is 31.1 Å². The van der Waals surface area contributed by atoms with Crippen LogP contribution < -0.4 is 0 Å². The Kier molecular flexibility index (Phi) is 15.4. The van der Waals surface area contributed by atoms with Gasteiger partial charge in [0.05, 0.1) is 34.2 Å². The van der Waals surface area contributed by atoms with Crippen molar-refractivity contribution in [3.63, 3.8) is 0 Å². The van der Waals surface area contributed by atoms with Gasteiger partial charge in [-0.1, -0.05) is 109 Å². The average Bonchev–Trinajstić information content (AvgIpc) is 3.13. The van der Waals surface area contributed by atoms with Crippen LogP contribution >= 0.6 is 0 Å². The van der Waals surface area contributed by atoms with Gasteiger partial charge >= 0.3 is 40.4 Å². The predicted octanol–water partition coefficient (Wildman–Crippen LogP) is 7.25. The van der Waals surface area contributed by atoms with E-state index in [0.717, 1.165) is 16.7 Å². The molecule has 0 N–H and O–H groups in total. The van der Waals surface area contributed by atoms with E-state index in [0.29, 0.717) is 34.2 Å². The van der Waals surface area contributed by atoms with Crippen molar-refractivity contribution < 1.29 is 40.4 Å². The van der Waals surface area contributed by atoms with Crippen molar-refractivity contribution in [2.24, 2.45) is 15.5 Å². The number of nitrogens with zero attached hydrogens (tertiary/aromatic N) is 6. The molecule has 0 saturated heterocycles. The summed E-state index contributed by atoms with van der Waals surface area (Å²) in [5.74, 6) is 0. The van der Waals surface area contributed by atoms with E-state index in [-0.39, 0.29) is 40.4 Å². The molecular formula is C36H27N6O3Sm. The molecule has 0 aliphatic heterocycles. The van der Waals surface area contributed by atoms with E-state index in [2.05, 4.69) is 30.4 Å². The summed E-state index contributed by atoms with van der Waals surface area (Å²) < 4.78 is 0. The monoisotopic (exact) mass is 743 g/mol. The number of benzene rings is 3. The number of hydrogen-bond acceptors (Lipinski definition) is 9. The van der Waals surface area contributed by atoms with Crippen LogP contribution in [0.2, 0.25) is 0 Å². The third-order valence-electron chi connectivity index (χ3n) is 6.14. The smallest absolute Gasteiger partial charge is 0.791 e. The Balaban J connectivity index is 0.000000186. The Bertz CT molecular complexity index is 1450. The molecule has 0 aliphatic rings. The number of pyridine rings is 3. The van der Waals surface area contributed by atoms with Crippen molar-refractivity contribution in [1.29, 1.82) is 0 Å². The van der Waals surface area contributed by atoms with Crippen molar-refractivity contribution in [1.82, 2.24) is 15.0 Å². The minimum atomic E-state index is 0. The zero-order valence-corrected chi connectivity index (χ0v) is 27.0. The van der Waals surface area contributed by atoms with Crippen LogP contribution in [-0.2, 0) is 0 Å². The van der Waals surface area contributed by atoms with Crippen LogP contribution in [0.4, 0.5) is 0 Å². The minimum Gasteiger partial charge on any atom is -0.791 e. The predicted molar refractivity (Wildman–Crippen MR) is 179 cm³/mol. The van der Waals surface area contributed by atoms with Crippen LogP contribution in [-0.4, -0.2) is 32.1 Å². The fourth-order valence-electron chi connectivity index (χ4n) is 4.04. The molecule has 0 saturated carbocycles. The van der Waals surface area contributed by atoms with E-state index in [1.165, 1.54) is 0 Å². The van der Waals surface area contributed by atoms with Crippen LogP contribution in [0.15, 0.2) is 180 Å². The quantitative estimate of drug-likeness (QED) is 0.130. The van der Waals surface area contributed by atoms with Crippen LogP contribution in [0.1, 0.15) is 33.8 Å². The maximum atomic E-state index is 10.8. The summed E-state index contributed by atoms with van der Waals surface area (Å²) in [7, 11) is 0. The molecule has 1 radical (unpaired) electrons. The van der Waals surface area contributed by atoms with Crippen molar-refractivity contribution in [2.45, 2.75) is 0 Å². The molecule has 0 fully saturated rings. The fourth-order valence-corrected chi connectivity index (χ4v) is 4.04. The van der Waals surface area contributed by atoms with Gasteiger partial charge in [0, 0.05) is 35.3 Å². The van der Waals surface area contributed by atoms with Gasteiger partial charge in [0.1, 0.15) is 0 Å². The summed E-state index contributed by atoms with van der Waals surface area (Å²) in [6.45, 7) is 0. The Labute approximate surface area is 299 Å². The van der Waals surface area contributed by atoms with Crippen LogP contribution in [0.3, 0.4) is 0 Å². The fraction of sp³-hybridized carbons (Fsp3) is 0. The van der Waals surface area contributed by atoms with Crippen molar-refractivity contribution >= 4 is 17.1 Å². The second-order valence-electron chi connectivity index (χ2n) is 9.06. The molecule has 10 heteroatoms. The molecule has 3 heterocycles. The average molecular weight is 742 g/mol. The maximum absolute atomic E-state index is 10.8. The third kappa shape index (κ3) is 10.5. The molecule has 3 aromatic carbocycles. The molecule has 46 heavy (non-hydrogen) atoms. The van der Waals surface area contributed by atoms with Gasteiger partial charge in [-0.05, 0) is 36.4 Å². The first-order valence-electron chi connectivity index (χ1n) is 13.8. The van der Waals surface area contributed by atoms with Gasteiger partial charge in [-0.25, -0.2) is 0 Å². The molecule has 3 aromatic heterocycles. The van der Waals surface area contributed by atoms with Gasteiger partial charge in [0.2, 0.25) is 0 Å². The summed E-state index contributed by atoms with van der Waals surface area (Å²) in [6.07, 6.45) is 4.93. The first-order valence-corrected chi connectivity index (χ1v) is 13.8.